The van der Waals surface area contributed by atoms with Gasteiger partial charge >= 0.3 is 0 Å². The lowest BCUT2D eigenvalue weighted by Crippen LogP contribution is -2.60. The van der Waals surface area contributed by atoms with E-state index < -0.39 is 28.7 Å². The van der Waals surface area contributed by atoms with E-state index in [2.05, 4.69) is 20.4 Å². The topological polar surface area (TPSA) is 71.3 Å². The van der Waals surface area contributed by atoms with Crippen molar-refractivity contribution in [3.63, 3.8) is 0 Å². The van der Waals surface area contributed by atoms with E-state index in [1.54, 1.807) is 31.2 Å². The summed E-state index contributed by atoms with van der Waals surface area (Å²) in [6, 6.07) is 9.93. The Hall–Kier alpha value is -2.48. The van der Waals surface area contributed by atoms with Crippen molar-refractivity contribution in [2.75, 3.05) is 12.4 Å². The second-order valence-corrected chi connectivity index (χ2v) is 10.7. The second kappa shape index (κ2) is 8.02. The molecule has 0 radical (unpaired) electrons. The highest BCUT2D eigenvalue weighted by Gasteiger charge is 2.74. The molecule has 182 valence electrons. The number of nitrogens with zero attached hydrogens (tertiary/aromatic N) is 3. The number of aromatic nitrogens is 2. The molecule has 1 amide bonds. The van der Waals surface area contributed by atoms with Crippen LogP contribution in [0, 0.1) is 12.7 Å². The Morgan fingerprint density at radius 2 is 1.94 bits per heavy atom. The number of rotatable bonds is 2. The monoisotopic (exact) mass is 514 g/mol. The van der Waals surface area contributed by atoms with E-state index in [4.69, 9.17) is 27.7 Å². The maximum atomic E-state index is 15.9. The highest BCUT2D eigenvalue weighted by Crippen LogP contribution is 2.69. The fourth-order valence-electron chi connectivity index (χ4n) is 7.16. The predicted molar refractivity (Wildman–Crippen MR) is 131 cm³/mol. The molecule has 1 N–H and O–H groups in total. The summed E-state index contributed by atoms with van der Waals surface area (Å²) in [7, 11) is 2.00. The molecule has 3 atom stereocenters. The molecule has 9 heteroatoms. The zero-order chi connectivity index (χ0) is 24.5. The molecule has 6 rings (SSSR count). The molecule has 2 spiro atoms. The van der Waals surface area contributed by atoms with Crippen LogP contribution in [-0.4, -0.2) is 33.5 Å². The van der Waals surface area contributed by atoms with Crippen LogP contribution in [-0.2, 0) is 10.2 Å². The van der Waals surface area contributed by atoms with Gasteiger partial charge in [-0.25, -0.2) is 4.39 Å². The first-order valence-corrected chi connectivity index (χ1v) is 12.7. The summed E-state index contributed by atoms with van der Waals surface area (Å²) in [4.78, 5) is 21.1. The van der Waals surface area contributed by atoms with Gasteiger partial charge in [-0.1, -0.05) is 65.8 Å². The first-order chi connectivity index (χ1) is 16.8. The number of likely N-dealkylation sites (tertiary alicyclic amines) is 1. The molecule has 0 unspecified atom stereocenters. The summed E-state index contributed by atoms with van der Waals surface area (Å²) >= 11 is 12.6. The van der Waals surface area contributed by atoms with Gasteiger partial charge in [0.15, 0.2) is 5.82 Å². The van der Waals surface area contributed by atoms with Gasteiger partial charge in [0.2, 0.25) is 11.8 Å². The molecule has 1 aromatic heterocycles. The highest BCUT2D eigenvalue weighted by atomic mass is 35.5. The van der Waals surface area contributed by atoms with Gasteiger partial charge in [-0.05, 0) is 56.1 Å². The number of likely N-dealkylation sites (N-methyl/N-ethyl adjacent to an activating group) is 1. The summed E-state index contributed by atoms with van der Waals surface area (Å²) in [5, 5.41) is 7.68. The maximum Gasteiger partial charge on any atom is 0.244 e. The summed E-state index contributed by atoms with van der Waals surface area (Å²) in [6.45, 7) is 1.75. The van der Waals surface area contributed by atoms with Gasteiger partial charge in [0, 0.05) is 22.2 Å². The molecule has 6 nitrogen and oxygen atoms in total. The minimum absolute atomic E-state index is 0.0140. The molecule has 2 aliphatic heterocycles. The third kappa shape index (κ3) is 2.95. The lowest BCUT2D eigenvalue weighted by Gasteiger charge is -2.49. The van der Waals surface area contributed by atoms with Crippen molar-refractivity contribution >= 4 is 34.8 Å². The molecule has 0 bridgehead atoms. The van der Waals surface area contributed by atoms with Gasteiger partial charge in [-0.2, -0.15) is 4.98 Å². The number of amides is 1. The zero-order valence-corrected chi connectivity index (χ0v) is 21.0. The van der Waals surface area contributed by atoms with E-state index in [1.165, 1.54) is 6.07 Å². The summed E-state index contributed by atoms with van der Waals surface area (Å²) in [5.74, 6) is -0.499. The van der Waals surface area contributed by atoms with Crippen molar-refractivity contribution < 1.29 is 13.7 Å². The SMILES string of the molecule is Cc1noc([C@H]2[C@H](c3cccc(Cl)c3F)[C@]3(C(=O)Nc4cc(Cl)ccc43)C3(CCCCC3)N2C)n1. The standard InChI is InChI=1S/C26H25Cl2FN4O2/c1-14-30-23(35-32-14)22-20(16-7-6-8-18(28)21(16)29)26(25(33(22)2)11-4-3-5-12-25)17-10-9-15(27)13-19(17)31-24(26)34/h6-10,13,20,22H,3-5,11-12H2,1-2H3,(H,31,34)/t20-,22+,26+/m0/s1. The number of aryl methyl sites for hydroxylation is 1. The molecule has 2 fully saturated rings. The van der Waals surface area contributed by atoms with Crippen LogP contribution < -0.4 is 5.32 Å². The third-order valence-electron chi connectivity index (χ3n) is 8.42. The van der Waals surface area contributed by atoms with Gasteiger partial charge in [-0.15, -0.1) is 0 Å². The Morgan fingerprint density at radius 3 is 2.66 bits per heavy atom. The van der Waals surface area contributed by atoms with Crippen molar-refractivity contribution in [2.24, 2.45) is 0 Å². The molecule has 35 heavy (non-hydrogen) atoms. The van der Waals surface area contributed by atoms with E-state index >= 15 is 4.39 Å². The van der Waals surface area contributed by atoms with Gasteiger partial charge in [0.25, 0.3) is 0 Å². The predicted octanol–water partition coefficient (Wildman–Crippen LogP) is 6.19. The Morgan fingerprint density at radius 1 is 1.17 bits per heavy atom. The number of fused-ring (bicyclic) bond motifs is 3. The molecule has 1 saturated heterocycles. The lowest BCUT2D eigenvalue weighted by atomic mass is 9.55. The van der Waals surface area contributed by atoms with Crippen molar-refractivity contribution in [1.82, 2.24) is 15.0 Å². The number of halogens is 3. The first kappa shape index (κ1) is 23.0. The Bertz CT molecular complexity index is 1340. The quantitative estimate of drug-likeness (QED) is 0.441. The number of hydrogen-bond donors (Lipinski definition) is 1. The number of carbonyl (C=O) groups is 1. The second-order valence-electron chi connectivity index (χ2n) is 9.90. The number of hydrogen-bond acceptors (Lipinski definition) is 5. The van der Waals surface area contributed by atoms with E-state index in [1.807, 2.05) is 13.1 Å². The minimum atomic E-state index is -1.11. The molecule has 3 aromatic rings. The van der Waals surface area contributed by atoms with Crippen molar-refractivity contribution in [2.45, 2.75) is 61.9 Å². The van der Waals surface area contributed by atoms with Crippen molar-refractivity contribution in [1.29, 1.82) is 0 Å². The van der Waals surface area contributed by atoms with Crippen LogP contribution >= 0.6 is 23.2 Å². The van der Waals surface area contributed by atoms with Crippen LogP contribution in [0.15, 0.2) is 40.9 Å². The number of anilines is 1. The zero-order valence-electron chi connectivity index (χ0n) is 19.4. The van der Waals surface area contributed by atoms with Crippen LogP contribution in [0.3, 0.4) is 0 Å². The van der Waals surface area contributed by atoms with Crippen LogP contribution in [0.2, 0.25) is 10.0 Å². The smallest absolute Gasteiger partial charge is 0.244 e. The Kier molecular flexibility index (Phi) is 5.26. The van der Waals surface area contributed by atoms with Gasteiger partial charge < -0.3 is 9.84 Å². The molecule has 1 saturated carbocycles. The Labute approximate surface area is 212 Å². The van der Waals surface area contributed by atoms with Gasteiger partial charge in [0.1, 0.15) is 11.2 Å². The Balaban J connectivity index is 1.73. The lowest BCUT2D eigenvalue weighted by molar-refractivity contribution is -0.125. The third-order valence-corrected chi connectivity index (χ3v) is 8.94. The number of nitrogens with one attached hydrogen (secondary N) is 1. The molecule has 1 aliphatic carbocycles. The average Bonchev–Trinajstić information content (AvgIpc) is 3.45. The fourth-order valence-corrected chi connectivity index (χ4v) is 7.52. The first-order valence-electron chi connectivity index (χ1n) is 11.9. The molecular formula is C26H25Cl2FN4O2. The van der Waals surface area contributed by atoms with Gasteiger partial charge in [0.05, 0.1) is 11.1 Å². The van der Waals surface area contributed by atoms with Crippen molar-refractivity contribution in [3.8, 4) is 0 Å². The summed E-state index contributed by atoms with van der Waals surface area (Å²) < 4.78 is 21.6. The molecule has 2 aromatic carbocycles. The number of benzene rings is 2. The molecular weight excluding hydrogens is 490 g/mol. The van der Waals surface area contributed by atoms with E-state index in [9.17, 15) is 4.79 Å². The normalized spacial score (nSPS) is 27.5. The fraction of sp³-hybridized carbons (Fsp3) is 0.423. The van der Waals surface area contributed by atoms with Crippen LogP contribution in [0.4, 0.5) is 10.1 Å². The molecule has 3 aliphatic rings. The number of carbonyl (C=O) groups excluding carboxylic acids is 1. The summed E-state index contributed by atoms with van der Waals surface area (Å²) in [5.41, 5.74) is 0.145. The van der Waals surface area contributed by atoms with Crippen LogP contribution in [0.25, 0.3) is 0 Å². The summed E-state index contributed by atoms with van der Waals surface area (Å²) in [6.07, 6.45) is 4.56. The van der Waals surface area contributed by atoms with Crippen molar-refractivity contribution in [3.05, 3.63) is 75.1 Å². The molecule has 3 heterocycles. The van der Waals surface area contributed by atoms with E-state index in [-0.39, 0.29) is 10.9 Å². The largest absolute Gasteiger partial charge is 0.338 e. The van der Waals surface area contributed by atoms with Crippen LogP contribution in [0.1, 0.15) is 66.9 Å². The minimum Gasteiger partial charge on any atom is -0.338 e. The maximum absolute atomic E-state index is 15.9. The van der Waals surface area contributed by atoms with E-state index in [0.717, 1.165) is 37.7 Å². The highest BCUT2D eigenvalue weighted by molar-refractivity contribution is 6.31. The van der Waals surface area contributed by atoms with E-state index in [0.29, 0.717) is 28.0 Å². The van der Waals surface area contributed by atoms with Crippen LogP contribution in [0.5, 0.6) is 0 Å². The average molecular weight is 515 g/mol. The van der Waals surface area contributed by atoms with Gasteiger partial charge in [-0.3, -0.25) is 9.69 Å².